The molecule has 0 bridgehead atoms. The van der Waals surface area contributed by atoms with E-state index in [4.69, 9.17) is 4.74 Å². The monoisotopic (exact) mass is 330 g/mol. The molecule has 0 radical (unpaired) electrons. The third kappa shape index (κ3) is 2.10. The van der Waals surface area contributed by atoms with Gasteiger partial charge in [0.25, 0.3) is 0 Å². The number of carbonyl (C=O) groups is 1. The zero-order chi connectivity index (χ0) is 14.1. The fraction of sp³-hybridized carbons (Fsp3) is 0.0667. The largest absolute Gasteiger partial charge is 0.465 e. The van der Waals surface area contributed by atoms with Crippen molar-refractivity contribution in [2.45, 2.75) is 0 Å². The van der Waals surface area contributed by atoms with Gasteiger partial charge in [-0.25, -0.2) is 9.78 Å². The van der Waals surface area contributed by atoms with Crippen LogP contribution < -0.4 is 0 Å². The van der Waals surface area contributed by atoms with E-state index in [2.05, 4.69) is 20.9 Å². The van der Waals surface area contributed by atoms with Gasteiger partial charge in [-0.2, -0.15) is 0 Å². The van der Waals surface area contributed by atoms with Gasteiger partial charge in [-0.3, -0.25) is 4.57 Å². The van der Waals surface area contributed by atoms with E-state index >= 15 is 0 Å². The first kappa shape index (κ1) is 12.9. The molecule has 0 amide bonds. The van der Waals surface area contributed by atoms with Gasteiger partial charge >= 0.3 is 5.97 Å². The first-order valence-electron chi connectivity index (χ1n) is 6.01. The van der Waals surface area contributed by atoms with Gasteiger partial charge in [0.1, 0.15) is 6.33 Å². The molecule has 20 heavy (non-hydrogen) atoms. The number of para-hydroxylation sites is 1. The molecule has 1 aromatic heterocycles. The topological polar surface area (TPSA) is 44.1 Å². The number of carbonyl (C=O) groups excluding carboxylic acids is 1. The number of fused-ring (bicyclic) bond motifs is 1. The Morgan fingerprint density at radius 2 is 2.05 bits per heavy atom. The van der Waals surface area contributed by atoms with Crippen LogP contribution in [0.1, 0.15) is 10.4 Å². The standard InChI is InChI=1S/C15H11BrN2O2/c1-20-15(19)10-6-7-14-12(8-10)17-9-18(14)13-5-3-2-4-11(13)16/h2-9H,1H3. The third-order valence-corrected chi connectivity index (χ3v) is 3.75. The lowest BCUT2D eigenvalue weighted by Crippen LogP contribution is -2.00. The molecule has 0 atom stereocenters. The van der Waals surface area contributed by atoms with Crippen molar-refractivity contribution < 1.29 is 9.53 Å². The molecule has 0 saturated heterocycles. The fourth-order valence-corrected chi connectivity index (χ4v) is 2.57. The highest BCUT2D eigenvalue weighted by atomic mass is 79.9. The number of hydrogen-bond donors (Lipinski definition) is 0. The number of ether oxygens (including phenoxy) is 1. The first-order chi connectivity index (χ1) is 9.70. The summed E-state index contributed by atoms with van der Waals surface area (Å²) in [7, 11) is 1.37. The van der Waals surface area contributed by atoms with Crippen molar-refractivity contribution >= 4 is 32.9 Å². The number of methoxy groups -OCH3 is 1. The maximum atomic E-state index is 11.5. The van der Waals surface area contributed by atoms with Crippen LogP contribution in [0.15, 0.2) is 53.3 Å². The molecule has 0 saturated carbocycles. The number of imidazole rings is 1. The summed E-state index contributed by atoms with van der Waals surface area (Å²) in [6, 6.07) is 13.2. The van der Waals surface area contributed by atoms with E-state index in [1.165, 1.54) is 7.11 Å². The predicted octanol–water partition coefficient (Wildman–Crippen LogP) is 3.57. The summed E-state index contributed by atoms with van der Waals surface area (Å²) in [5.41, 5.74) is 3.19. The van der Waals surface area contributed by atoms with Crippen molar-refractivity contribution in [2.75, 3.05) is 7.11 Å². The minimum Gasteiger partial charge on any atom is -0.465 e. The third-order valence-electron chi connectivity index (χ3n) is 3.08. The Bertz CT molecular complexity index is 795. The summed E-state index contributed by atoms with van der Waals surface area (Å²) in [5, 5.41) is 0. The van der Waals surface area contributed by atoms with E-state index in [1.54, 1.807) is 18.5 Å². The number of aromatic nitrogens is 2. The van der Waals surface area contributed by atoms with E-state index in [0.717, 1.165) is 21.2 Å². The highest BCUT2D eigenvalue weighted by Gasteiger charge is 2.11. The smallest absolute Gasteiger partial charge is 0.337 e. The highest BCUT2D eigenvalue weighted by molar-refractivity contribution is 9.10. The van der Waals surface area contributed by atoms with Crippen LogP contribution >= 0.6 is 15.9 Å². The maximum absolute atomic E-state index is 11.5. The Kier molecular flexibility index (Phi) is 3.28. The predicted molar refractivity (Wildman–Crippen MR) is 80.1 cm³/mol. The fourth-order valence-electron chi connectivity index (χ4n) is 2.10. The number of benzene rings is 2. The van der Waals surface area contributed by atoms with Crippen molar-refractivity contribution in [3.05, 3.63) is 58.8 Å². The average Bonchev–Trinajstić information content (AvgIpc) is 2.90. The van der Waals surface area contributed by atoms with Gasteiger partial charge < -0.3 is 4.74 Å². The summed E-state index contributed by atoms with van der Waals surface area (Å²) in [6.07, 6.45) is 1.74. The lowest BCUT2D eigenvalue weighted by Gasteiger charge is -2.06. The second-order valence-electron chi connectivity index (χ2n) is 4.26. The number of esters is 1. The van der Waals surface area contributed by atoms with Crippen molar-refractivity contribution in [3.63, 3.8) is 0 Å². The molecular formula is C15H11BrN2O2. The highest BCUT2D eigenvalue weighted by Crippen LogP contribution is 2.25. The van der Waals surface area contributed by atoms with Gasteiger partial charge in [0, 0.05) is 4.47 Å². The SMILES string of the molecule is COC(=O)c1ccc2c(c1)ncn2-c1ccccc1Br. The molecule has 0 aliphatic heterocycles. The lowest BCUT2D eigenvalue weighted by atomic mass is 10.2. The summed E-state index contributed by atoms with van der Waals surface area (Å²) < 4.78 is 7.67. The van der Waals surface area contributed by atoms with Gasteiger partial charge in [0.2, 0.25) is 0 Å². The average molecular weight is 331 g/mol. The molecule has 0 fully saturated rings. The van der Waals surface area contributed by atoms with E-state index in [-0.39, 0.29) is 5.97 Å². The van der Waals surface area contributed by atoms with Crippen LogP contribution in [0.2, 0.25) is 0 Å². The van der Waals surface area contributed by atoms with Gasteiger partial charge in [-0.15, -0.1) is 0 Å². The molecule has 0 unspecified atom stereocenters. The molecule has 0 aliphatic rings. The second-order valence-corrected chi connectivity index (χ2v) is 5.12. The van der Waals surface area contributed by atoms with Crippen LogP contribution in [0.3, 0.4) is 0 Å². The van der Waals surface area contributed by atoms with Crippen molar-refractivity contribution in [2.24, 2.45) is 0 Å². The summed E-state index contributed by atoms with van der Waals surface area (Å²) >= 11 is 3.53. The molecular weight excluding hydrogens is 320 g/mol. The van der Waals surface area contributed by atoms with Crippen molar-refractivity contribution in [3.8, 4) is 5.69 Å². The quantitative estimate of drug-likeness (QED) is 0.674. The number of halogens is 1. The van der Waals surface area contributed by atoms with Crippen LogP contribution in [-0.4, -0.2) is 22.6 Å². The molecule has 3 rings (SSSR count). The van der Waals surface area contributed by atoms with E-state index < -0.39 is 0 Å². The minimum absolute atomic E-state index is 0.359. The van der Waals surface area contributed by atoms with Gasteiger partial charge in [0.05, 0.1) is 29.4 Å². The van der Waals surface area contributed by atoms with Crippen LogP contribution in [-0.2, 0) is 4.74 Å². The molecule has 1 heterocycles. The maximum Gasteiger partial charge on any atom is 0.337 e. The Morgan fingerprint density at radius 1 is 1.25 bits per heavy atom. The minimum atomic E-state index is -0.359. The van der Waals surface area contributed by atoms with E-state index in [0.29, 0.717) is 5.56 Å². The molecule has 5 heteroatoms. The summed E-state index contributed by atoms with van der Waals surface area (Å²) in [4.78, 5) is 15.9. The molecule has 100 valence electrons. The van der Waals surface area contributed by atoms with E-state index in [1.807, 2.05) is 34.9 Å². The molecule has 4 nitrogen and oxygen atoms in total. The Morgan fingerprint density at radius 3 is 2.80 bits per heavy atom. The molecule has 3 aromatic rings. The summed E-state index contributed by atoms with van der Waals surface area (Å²) in [6.45, 7) is 0. The van der Waals surface area contributed by atoms with Crippen LogP contribution in [0.4, 0.5) is 0 Å². The van der Waals surface area contributed by atoms with Crippen molar-refractivity contribution in [1.82, 2.24) is 9.55 Å². The van der Waals surface area contributed by atoms with Gasteiger partial charge in [-0.1, -0.05) is 12.1 Å². The summed E-state index contributed by atoms with van der Waals surface area (Å²) in [5.74, 6) is -0.359. The van der Waals surface area contributed by atoms with Crippen LogP contribution in [0, 0.1) is 0 Å². The second kappa shape index (κ2) is 5.09. The van der Waals surface area contributed by atoms with Crippen LogP contribution in [0.25, 0.3) is 16.7 Å². The normalized spacial score (nSPS) is 10.7. The Hall–Kier alpha value is -2.14. The van der Waals surface area contributed by atoms with Crippen LogP contribution in [0.5, 0.6) is 0 Å². The first-order valence-corrected chi connectivity index (χ1v) is 6.80. The number of rotatable bonds is 2. The zero-order valence-electron chi connectivity index (χ0n) is 10.7. The number of hydrogen-bond acceptors (Lipinski definition) is 3. The Balaban J connectivity index is 2.16. The molecule has 0 aliphatic carbocycles. The molecule has 0 spiro atoms. The van der Waals surface area contributed by atoms with Crippen molar-refractivity contribution in [1.29, 1.82) is 0 Å². The Labute approximate surface area is 124 Å². The molecule has 2 aromatic carbocycles. The van der Waals surface area contributed by atoms with Gasteiger partial charge in [-0.05, 0) is 46.3 Å². The molecule has 0 N–H and O–H groups in total. The zero-order valence-corrected chi connectivity index (χ0v) is 12.3. The van der Waals surface area contributed by atoms with E-state index in [9.17, 15) is 4.79 Å². The lowest BCUT2D eigenvalue weighted by molar-refractivity contribution is 0.0601. The number of nitrogens with zero attached hydrogens (tertiary/aromatic N) is 2. The van der Waals surface area contributed by atoms with Gasteiger partial charge in [0.15, 0.2) is 0 Å².